The van der Waals surface area contributed by atoms with E-state index in [0.29, 0.717) is 23.0 Å². The molecule has 1 heterocycles. The lowest BCUT2D eigenvalue weighted by Gasteiger charge is -2.04. The fourth-order valence-corrected chi connectivity index (χ4v) is 3.93. The van der Waals surface area contributed by atoms with Gasteiger partial charge in [-0.15, -0.1) is 10.2 Å². The third kappa shape index (κ3) is 5.53. The highest BCUT2D eigenvalue weighted by molar-refractivity contribution is 8.01. The van der Waals surface area contributed by atoms with E-state index in [1.54, 1.807) is 0 Å². The lowest BCUT2D eigenvalue weighted by molar-refractivity contribution is -0.115. The number of nitrogens with zero attached hydrogens (tertiary/aromatic N) is 2. The Morgan fingerprint density at radius 3 is 2.73 bits per heavy atom. The number of thioether (sulfide) groups is 1. The molecule has 26 heavy (non-hydrogen) atoms. The van der Waals surface area contributed by atoms with Crippen molar-refractivity contribution in [3.8, 4) is 0 Å². The van der Waals surface area contributed by atoms with E-state index in [-0.39, 0.29) is 11.7 Å². The summed E-state index contributed by atoms with van der Waals surface area (Å²) in [4.78, 5) is 11.9. The summed E-state index contributed by atoms with van der Waals surface area (Å²) in [5, 5.41) is 14.9. The van der Waals surface area contributed by atoms with E-state index in [9.17, 15) is 9.18 Å². The molecule has 134 valence electrons. The van der Waals surface area contributed by atoms with Gasteiger partial charge in [-0.05, 0) is 48.9 Å². The number of amides is 1. The van der Waals surface area contributed by atoms with Gasteiger partial charge in [0.05, 0.1) is 0 Å². The highest BCUT2D eigenvalue weighted by Gasteiger charge is 2.08. The third-order valence-electron chi connectivity index (χ3n) is 3.36. The number of rotatable bonds is 7. The molecule has 0 spiro atoms. The molecule has 0 aliphatic rings. The van der Waals surface area contributed by atoms with Crippen LogP contribution < -0.4 is 10.6 Å². The van der Waals surface area contributed by atoms with Crippen LogP contribution in [0, 0.1) is 12.7 Å². The molecule has 0 aliphatic carbocycles. The molecule has 3 aromatic rings. The lowest BCUT2D eigenvalue weighted by atomic mass is 10.2. The molecular formula is C18H17FN4OS2. The van der Waals surface area contributed by atoms with Crippen LogP contribution in [0.25, 0.3) is 0 Å². The third-order valence-corrected chi connectivity index (χ3v) is 5.33. The van der Waals surface area contributed by atoms with Crippen LogP contribution in [0.15, 0.2) is 52.9 Å². The number of aryl methyl sites for hydroxylation is 1. The zero-order valence-electron chi connectivity index (χ0n) is 14.0. The van der Waals surface area contributed by atoms with Crippen LogP contribution >= 0.6 is 23.1 Å². The molecule has 5 nitrogen and oxygen atoms in total. The Hall–Kier alpha value is -2.45. The van der Waals surface area contributed by atoms with E-state index in [4.69, 9.17) is 0 Å². The van der Waals surface area contributed by atoms with Gasteiger partial charge in [0, 0.05) is 23.5 Å². The molecule has 1 amide bonds. The number of carbonyl (C=O) groups is 1. The number of hydrogen-bond donors (Lipinski definition) is 2. The molecule has 0 saturated heterocycles. The summed E-state index contributed by atoms with van der Waals surface area (Å²) >= 11 is 2.93. The Bertz CT molecular complexity index is 883. The van der Waals surface area contributed by atoms with Crippen LogP contribution in [0.4, 0.5) is 20.9 Å². The topological polar surface area (TPSA) is 66.9 Å². The van der Waals surface area contributed by atoms with Crippen molar-refractivity contribution < 1.29 is 9.18 Å². The van der Waals surface area contributed by atoms with E-state index in [2.05, 4.69) is 20.8 Å². The fourth-order valence-electron chi connectivity index (χ4n) is 2.15. The highest BCUT2D eigenvalue weighted by Crippen LogP contribution is 2.28. The van der Waals surface area contributed by atoms with Gasteiger partial charge >= 0.3 is 0 Å². The van der Waals surface area contributed by atoms with Gasteiger partial charge in [-0.3, -0.25) is 4.79 Å². The Labute approximate surface area is 159 Å². The molecule has 0 radical (unpaired) electrons. The quantitative estimate of drug-likeness (QED) is 0.566. The van der Waals surface area contributed by atoms with Gasteiger partial charge in [0.25, 0.3) is 0 Å². The molecule has 0 bridgehead atoms. The maximum atomic E-state index is 12.8. The Balaban J connectivity index is 1.44. The number of nitrogens with one attached hydrogen (secondary N) is 2. The predicted molar refractivity (Wildman–Crippen MR) is 105 cm³/mol. The van der Waals surface area contributed by atoms with E-state index < -0.39 is 0 Å². The number of halogens is 1. The zero-order chi connectivity index (χ0) is 18.4. The molecule has 0 fully saturated rings. The molecule has 0 atom stereocenters. The second-order valence-corrected chi connectivity index (χ2v) is 7.84. The minimum Gasteiger partial charge on any atom is -0.330 e. The highest BCUT2D eigenvalue weighted by atomic mass is 32.2. The molecule has 1 aromatic heterocycles. The summed E-state index contributed by atoms with van der Waals surface area (Å²) in [6.07, 6.45) is 0.336. The van der Waals surface area contributed by atoms with E-state index in [1.165, 1.54) is 52.9 Å². The number of benzene rings is 2. The first-order chi connectivity index (χ1) is 12.6. The normalized spacial score (nSPS) is 10.5. The molecular weight excluding hydrogens is 371 g/mol. The van der Waals surface area contributed by atoms with Crippen molar-refractivity contribution in [2.45, 2.75) is 17.7 Å². The smallest absolute Gasteiger partial charge is 0.225 e. The van der Waals surface area contributed by atoms with Crippen LogP contribution in [0.1, 0.15) is 12.0 Å². The summed E-state index contributed by atoms with van der Waals surface area (Å²) in [7, 11) is 0. The van der Waals surface area contributed by atoms with Crippen molar-refractivity contribution in [2.24, 2.45) is 0 Å². The predicted octanol–water partition coefficient (Wildman–Crippen LogP) is 4.85. The van der Waals surface area contributed by atoms with Crippen LogP contribution in [-0.2, 0) is 4.79 Å². The summed E-state index contributed by atoms with van der Waals surface area (Å²) in [6, 6.07) is 13.7. The largest absolute Gasteiger partial charge is 0.330 e. The van der Waals surface area contributed by atoms with Gasteiger partial charge in [-0.25, -0.2) is 4.39 Å². The number of anilines is 3. The zero-order valence-corrected chi connectivity index (χ0v) is 15.7. The van der Waals surface area contributed by atoms with Crippen molar-refractivity contribution in [1.82, 2.24) is 10.2 Å². The van der Waals surface area contributed by atoms with Crippen molar-refractivity contribution in [1.29, 1.82) is 0 Å². The average Bonchev–Trinajstić information content (AvgIpc) is 3.04. The first-order valence-corrected chi connectivity index (χ1v) is 9.74. The second kappa shape index (κ2) is 8.77. The minimum atomic E-state index is -0.329. The van der Waals surface area contributed by atoms with Crippen LogP contribution in [0.3, 0.4) is 0 Å². The van der Waals surface area contributed by atoms with Crippen molar-refractivity contribution in [3.63, 3.8) is 0 Å². The van der Waals surface area contributed by atoms with Gasteiger partial charge in [0.15, 0.2) is 4.34 Å². The summed E-state index contributed by atoms with van der Waals surface area (Å²) < 4.78 is 13.6. The van der Waals surface area contributed by atoms with E-state index in [1.807, 2.05) is 31.2 Å². The van der Waals surface area contributed by atoms with Gasteiger partial charge in [-0.2, -0.15) is 0 Å². The minimum absolute atomic E-state index is 0.119. The van der Waals surface area contributed by atoms with Crippen LogP contribution in [-0.4, -0.2) is 21.9 Å². The molecule has 8 heteroatoms. The van der Waals surface area contributed by atoms with Crippen molar-refractivity contribution >= 4 is 45.5 Å². The Morgan fingerprint density at radius 1 is 1.15 bits per heavy atom. The van der Waals surface area contributed by atoms with Gasteiger partial charge in [0.2, 0.25) is 11.0 Å². The molecule has 2 N–H and O–H groups in total. The summed E-state index contributed by atoms with van der Waals surface area (Å²) in [6.45, 7) is 2.03. The number of aromatic nitrogens is 2. The molecule has 0 unspecified atom stereocenters. The number of hydrogen-bond acceptors (Lipinski definition) is 6. The van der Waals surface area contributed by atoms with Gasteiger partial charge in [0.1, 0.15) is 5.82 Å². The summed E-state index contributed by atoms with van der Waals surface area (Å²) in [5.74, 6) is 0.142. The van der Waals surface area contributed by atoms with Crippen molar-refractivity contribution in [3.05, 3.63) is 59.9 Å². The summed E-state index contributed by atoms with van der Waals surface area (Å²) in [5.41, 5.74) is 2.72. The molecule has 3 rings (SSSR count). The maximum Gasteiger partial charge on any atom is 0.225 e. The van der Waals surface area contributed by atoms with Gasteiger partial charge in [-0.1, -0.05) is 35.2 Å². The SMILES string of the molecule is Cc1cccc(Nc2nnc(SCCC(=O)Nc3ccc(F)cc3)s2)c1. The lowest BCUT2D eigenvalue weighted by Crippen LogP contribution is -2.12. The van der Waals surface area contributed by atoms with Gasteiger partial charge < -0.3 is 10.6 Å². The monoisotopic (exact) mass is 388 g/mol. The van der Waals surface area contributed by atoms with E-state index >= 15 is 0 Å². The van der Waals surface area contributed by atoms with Crippen molar-refractivity contribution in [2.75, 3.05) is 16.4 Å². The molecule has 0 saturated carbocycles. The standard InChI is InChI=1S/C18H17FN4OS2/c1-12-3-2-4-15(11-12)21-17-22-23-18(26-17)25-10-9-16(24)20-14-7-5-13(19)6-8-14/h2-8,11H,9-10H2,1H3,(H,20,24)(H,21,22). The first-order valence-electron chi connectivity index (χ1n) is 7.94. The first kappa shape index (κ1) is 18.3. The second-order valence-electron chi connectivity index (χ2n) is 5.52. The maximum absolute atomic E-state index is 12.8. The van der Waals surface area contributed by atoms with Crippen LogP contribution in [0.2, 0.25) is 0 Å². The molecule has 0 aliphatic heterocycles. The van der Waals surface area contributed by atoms with E-state index in [0.717, 1.165) is 10.0 Å². The molecule has 2 aromatic carbocycles. The fraction of sp³-hybridized carbons (Fsp3) is 0.167. The average molecular weight is 388 g/mol. The Morgan fingerprint density at radius 2 is 1.96 bits per heavy atom. The number of carbonyl (C=O) groups excluding carboxylic acids is 1. The Kier molecular flexibility index (Phi) is 6.19. The van der Waals surface area contributed by atoms with Crippen LogP contribution in [0.5, 0.6) is 0 Å².